The Kier molecular flexibility index (Phi) is 4.68. The van der Waals surface area contributed by atoms with E-state index in [1.54, 1.807) is 0 Å². The quantitative estimate of drug-likeness (QED) is 0.390. The highest BCUT2D eigenvalue weighted by molar-refractivity contribution is 8.05. The van der Waals surface area contributed by atoms with E-state index in [1.165, 1.54) is 13.3 Å². The molecule has 0 bridgehead atoms. The molecule has 12 heavy (non-hydrogen) atoms. The molecule has 0 rings (SSSR count). The van der Waals surface area contributed by atoms with E-state index in [0.29, 0.717) is 13.0 Å². The van der Waals surface area contributed by atoms with Crippen LogP contribution in [0.5, 0.6) is 0 Å². The minimum absolute atomic E-state index is 0.473. The molecule has 0 unspecified atom stereocenters. The molecule has 0 aromatic rings. The summed E-state index contributed by atoms with van der Waals surface area (Å²) < 4.78 is 25.9. The summed E-state index contributed by atoms with van der Waals surface area (Å²) in [7, 11) is -1.91. The minimum atomic E-state index is -3.45. The molecule has 0 aromatic heterocycles. The van der Waals surface area contributed by atoms with Crippen LogP contribution in [0.1, 0.15) is 6.42 Å². The van der Waals surface area contributed by atoms with Crippen molar-refractivity contribution in [3.8, 4) is 0 Å². The van der Waals surface area contributed by atoms with Crippen LogP contribution in [0.25, 0.3) is 0 Å². The molecule has 0 atom stereocenters. The average Bonchev–Trinajstić information content (AvgIpc) is 1.96. The first-order valence-electron chi connectivity index (χ1n) is 3.28. The molecule has 0 fully saturated rings. The number of nitrogens with one attached hydrogen (secondary N) is 1. The number of rotatable bonds is 3. The molecular weight excluding hydrogens is 180 g/mol. The van der Waals surface area contributed by atoms with Gasteiger partial charge in [0.25, 0.3) is 0 Å². The number of hydrogen-bond acceptors (Lipinski definition) is 4. The summed E-state index contributed by atoms with van der Waals surface area (Å²) in [6.07, 6.45) is 2.81. The number of ether oxygens (including phenoxy) is 1. The van der Waals surface area contributed by atoms with E-state index in [-0.39, 0.29) is 0 Å². The summed E-state index contributed by atoms with van der Waals surface area (Å²) in [5, 5.41) is 6.34. The van der Waals surface area contributed by atoms with Crippen LogP contribution in [0.2, 0.25) is 0 Å². The Balaban J connectivity index is 3.94. The van der Waals surface area contributed by atoms with Gasteiger partial charge in [-0.1, -0.05) is 0 Å². The number of methoxy groups -OCH3 is 1. The van der Waals surface area contributed by atoms with Crippen LogP contribution in [0.3, 0.4) is 0 Å². The second-order valence-electron chi connectivity index (χ2n) is 2.17. The van der Waals surface area contributed by atoms with Gasteiger partial charge in [0.1, 0.15) is 0 Å². The Hall–Kier alpha value is -0.750. The second-order valence-corrected chi connectivity index (χ2v) is 4.10. The molecule has 0 aliphatic carbocycles. The van der Waals surface area contributed by atoms with Crippen molar-refractivity contribution in [1.82, 2.24) is 0 Å². The van der Waals surface area contributed by atoms with E-state index < -0.39 is 15.0 Å². The van der Waals surface area contributed by atoms with Crippen LogP contribution < -0.4 is 0 Å². The van der Waals surface area contributed by atoms with Gasteiger partial charge in [-0.25, -0.2) is 13.4 Å². The van der Waals surface area contributed by atoms with Crippen molar-refractivity contribution in [2.75, 3.05) is 20.0 Å². The van der Waals surface area contributed by atoms with E-state index >= 15 is 0 Å². The molecule has 0 saturated heterocycles. The highest BCUT2D eigenvalue weighted by Crippen LogP contribution is 1.88. The van der Waals surface area contributed by atoms with Crippen molar-refractivity contribution in [1.29, 1.82) is 5.41 Å². The molecule has 1 N–H and O–H groups in total. The van der Waals surface area contributed by atoms with E-state index in [1.807, 2.05) is 0 Å². The Morgan fingerprint density at radius 3 is 2.67 bits per heavy atom. The summed E-state index contributed by atoms with van der Waals surface area (Å²) in [4.78, 5) is 3.42. The summed E-state index contributed by atoms with van der Waals surface area (Å²) in [5.74, 6) is 0. The normalized spacial score (nSPS) is 12.2. The van der Waals surface area contributed by atoms with Crippen LogP contribution in [0, 0.1) is 5.41 Å². The van der Waals surface area contributed by atoms with Crippen molar-refractivity contribution in [2.45, 2.75) is 6.42 Å². The zero-order valence-corrected chi connectivity index (χ0v) is 7.89. The minimum Gasteiger partial charge on any atom is -0.384 e. The van der Waals surface area contributed by atoms with Crippen molar-refractivity contribution in [3.05, 3.63) is 0 Å². The number of sulfone groups is 1. The van der Waals surface area contributed by atoms with Gasteiger partial charge in [0.15, 0.2) is 0 Å². The van der Waals surface area contributed by atoms with E-state index in [9.17, 15) is 8.42 Å². The SMILES string of the molecule is COCCC=NC(=N)S(C)(=O)=O. The predicted molar refractivity (Wildman–Crippen MR) is 47.6 cm³/mol. The third-order valence-corrected chi connectivity index (χ3v) is 1.82. The summed E-state index contributed by atoms with van der Waals surface area (Å²) in [6.45, 7) is 0.473. The van der Waals surface area contributed by atoms with Gasteiger partial charge >= 0.3 is 0 Å². The van der Waals surface area contributed by atoms with Gasteiger partial charge in [0, 0.05) is 26.0 Å². The topological polar surface area (TPSA) is 79.6 Å². The second kappa shape index (κ2) is 5.00. The highest BCUT2D eigenvalue weighted by atomic mass is 32.2. The van der Waals surface area contributed by atoms with Crippen molar-refractivity contribution < 1.29 is 13.2 Å². The van der Waals surface area contributed by atoms with Crippen LogP contribution in [0.15, 0.2) is 4.99 Å². The fourth-order valence-corrected chi connectivity index (χ4v) is 0.680. The van der Waals surface area contributed by atoms with Crippen LogP contribution >= 0.6 is 0 Å². The Bertz CT molecular complexity index is 269. The van der Waals surface area contributed by atoms with Gasteiger partial charge in [-0.15, -0.1) is 0 Å². The zero-order chi connectivity index (χ0) is 9.61. The predicted octanol–water partition coefficient (Wildman–Crippen LogP) is 0.0731. The van der Waals surface area contributed by atoms with E-state index in [2.05, 4.69) is 4.99 Å². The fraction of sp³-hybridized carbons (Fsp3) is 0.667. The Morgan fingerprint density at radius 2 is 2.25 bits per heavy atom. The third-order valence-electron chi connectivity index (χ3n) is 1.01. The first kappa shape index (κ1) is 11.2. The van der Waals surface area contributed by atoms with Gasteiger partial charge in [-0.3, -0.25) is 5.41 Å². The molecule has 5 nitrogen and oxygen atoms in total. The molecule has 0 heterocycles. The monoisotopic (exact) mass is 192 g/mol. The van der Waals surface area contributed by atoms with Crippen LogP contribution in [-0.4, -0.2) is 39.8 Å². The molecule has 0 spiro atoms. The standard InChI is InChI=1S/C6H12N2O3S/c1-11-5-3-4-8-6(7)12(2,9)10/h4,7H,3,5H2,1-2H3. The first-order valence-corrected chi connectivity index (χ1v) is 5.17. The molecule has 0 aromatic carbocycles. The molecule has 0 aliphatic rings. The molecule has 0 aliphatic heterocycles. The molecule has 70 valence electrons. The molecule has 0 radical (unpaired) electrons. The van der Waals surface area contributed by atoms with Gasteiger partial charge in [-0.05, 0) is 0 Å². The third kappa shape index (κ3) is 4.97. The van der Waals surface area contributed by atoms with Crippen LogP contribution in [0.4, 0.5) is 0 Å². The van der Waals surface area contributed by atoms with Crippen molar-refractivity contribution in [3.63, 3.8) is 0 Å². The lowest BCUT2D eigenvalue weighted by molar-refractivity contribution is 0.208. The lowest BCUT2D eigenvalue weighted by Crippen LogP contribution is -2.08. The Morgan fingerprint density at radius 1 is 1.67 bits per heavy atom. The van der Waals surface area contributed by atoms with Crippen LogP contribution in [-0.2, 0) is 14.6 Å². The van der Waals surface area contributed by atoms with Gasteiger partial charge in [-0.2, -0.15) is 0 Å². The van der Waals surface area contributed by atoms with E-state index in [4.69, 9.17) is 10.1 Å². The number of amidine groups is 1. The molecule has 0 amide bonds. The van der Waals surface area contributed by atoms with Crippen molar-refractivity contribution in [2.24, 2.45) is 4.99 Å². The number of nitrogens with zero attached hydrogens (tertiary/aromatic N) is 1. The highest BCUT2D eigenvalue weighted by Gasteiger charge is 2.07. The summed E-state index contributed by atoms with van der Waals surface area (Å²) in [5.41, 5.74) is 0. The number of aliphatic imine (C=N–C) groups is 1. The fourth-order valence-electron chi connectivity index (χ4n) is 0.414. The molecule has 0 saturated carbocycles. The van der Waals surface area contributed by atoms with E-state index in [0.717, 1.165) is 6.26 Å². The average molecular weight is 192 g/mol. The maximum atomic E-state index is 10.6. The smallest absolute Gasteiger partial charge is 0.239 e. The van der Waals surface area contributed by atoms with Gasteiger partial charge in [0.2, 0.25) is 15.0 Å². The lowest BCUT2D eigenvalue weighted by atomic mass is 10.5. The maximum Gasteiger partial charge on any atom is 0.239 e. The Labute approximate surface area is 71.9 Å². The summed E-state index contributed by atoms with van der Waals surface area (Å²) in [6, 6.07) is 0. The zero-order valence-electron chi connectivity index (χ0n) is 7.07. The van der Waals surface area contributed by atoms with Gasteiger partial charge in [0.05, 0.1) is 6.61 Å². The molecular formula is C6H12N2O3S. The van der Waals surface area contributed by atoms with Gasteiger partial charge < -0.3 is 4.74 Å². The first-order chi connectivity index (χ1) is 5.48. The largest absolute Gasteiger partial charge is 0.384 e. The maximum absolute atomic E-state index is 10.6. The number of hydrogen-bond donors (Lipinski definition) is 1. The molecule has 6 heteroatoms. The lowest BCUT2D eigenvalue weighted by Gasteiger charge is -1.92. The summed E-state index contributed by atoms with van der Waals surface area (Å²) >= 11 is 0. The van der Waals surface area contributed by atoms with Crippen molar-refractivity contribution >= 4 is 21.2 Å².